The summed E-state index contributed by atoms with van der Waals surface area (Å²) in [5.74, 6) is 0.562. The quantitative estimate of drug-likeness (QED) is 0.396. The van der Waals surface area contributed by atoms with Crippen LogP contribution in [0.3, 0.4) is 0 Å². The van der Waals surface area contributed by atoms with Crippen LogP contribution >= 0.6 is 0 Å². The number of nitrogens with one attached hydrogen (secondary N) is 1. The summed E-state index contributed by atoms with van der Waals surface area (Å²) >= 11 is 0. The third-order valence-electron chi connectivity index (χ3n) is 6.02. The summed E-state index contributed by atoms with van der Waals surface area (Å²) in [6.45, 7) is 8.91. The molecule has 0 unspecified atom stereocenters. The van der Waals surface area contributed by atoms with Gasteiger partial charge in [-0.1, -0.05) is 50.6 Å². The Labute approximate surface area is 222 Å². The fraction of sp³-hybridized carbons (Fsp3) is 0.500. The van der Waals surface area contributed by atoms with Gasteiger partial charge in [0, 0.05) is 26.1 Å². The molecule has 8 nitrogen and oxygen atoms in total. The second-order valence-corrected chi connectivity index (χ2v) is 11.6. The van der Waals surface area contributed by atoms with Gasteiger partial charge in [0.1, 0.15) is 11.8 Å². The number of methoxy groups -OCH3 is 1. The summed E-state index contributed by atoms with van der Waals surface area (Å²) in [7, 11) is -2.01. The topological polar surface area (TPSA) is 96.0 Å². The van der Waals surface area contributed by atoms with E-state index in [2.05, 4.69) is 5.32 Å². The first kappa shape index (κ1) is 30.2. The van der Waals surface area contributed by atoms with Crippen LogP contribution in [0.1, 0.15) is 51.2 Å². The van der Waals surface area contributed by atoms with E-state index in [9.17, 15) is 18.0 Å². The van der Waals surface area contributed by atoms with Crippen molar-refractivity contribution in [3.8, 4) is 5.75 Å². The summed E-state index contributed by atoms with van der Waals surface area (Å²) < 4.78 is 31.4. The van der Waals surface area contributed by atoms with E-state index in [4.69, 9.17) is 4.74 Å². The van der Waals surface area contributed by atoms with E-state index in [0.29, 0.717) is 43.3 Å². The molecule has 0 saturated heterocycles. The van der Waals surface area contributed by atoms with Gasteiger partial charge in [0.15, 0.2) is 0 Å². The maximum atomic E-state index is 13.5. The first-order valence-electron chi connectivity index (χ1n) is 12.7. The van der Waals surface area contributed by atoms with Gasteiger partial charge in [-0.25, -0.2) is 8.42 Å². The molecule has 0 bridgehead atoms. The van der Waals surface area contributed by atoms with Crippen LogP contribution in [0.15, 0.2) is 48.5 Å². The van der Waals surface area contributed by atoms with Gasteiger partial charge in [-0.05, 0) is 55.5 Å². The maximum absolute atomic E-state index is 13.5. The van der Waals surface area contributed by atoms with Crippen molar-refractivity contribution in [1.82, 2.24) is 10.2 Å². The predicted octanol–water partition coefficient (Wildman–Crippen LogP) is 4.13. The summed E-state index contributed by atoms with van der Waals surface area (Å²) in [5, 5.41) is 2.96. The molecule has 2 aromatic carbocycles. The van der Waals surface area contributed by atoms with Gasteiger partial charge >= 0.3 is 0 Å². The minimum absolute atomic E-state index is 0.113. The van der Waals surface area contributed by atoms with E-state index in [1.807, 2.05) is 52.0 Å². The Morgan fingerprint density at radius 1 is 1.08 bits per heavy atom. The first-order valence-corrected chi connectivity index (χ1v) is 14.6. The zero-order valence-electron chi connectivity index (χ0n) is 22.9. The van der Waals surface area contributed by atoms with Crippen LogP contribution in [-0.2, 0) is 26.2 Å². The highest BCUT2D eigenvalue weighted by Gasteiger charge is 2.29. The van der Waals surface area contributed by atoms with Crippen molar-refractivity contribution >= 4 is 27.5 Å². The highest BCUT2D eigenvalue weighted by Crippen LogP contribution is 2.22. The van der Waals surface area contributed by atoms with Crippen molar-refractivity contribution in [2.75, 3.05) is 30.8 Å². The van der Waals surface area contributed by atoms with Crippen molar-refractivity contribution in [2.24, 2.45) is 5.92 Å². The predicted molar refractivity (Wildman–Crippen MR) is 148 cm³/mol. The summed E-state index contributed by atoms with van der Waals surface area (Å²) in [6, 6.07) is 14.0. The molecule has 2 amide bonds. The fourth-order valence-corrected chi connectivity index (χ4v) is 5.07. The van der Waals surface area contributed by atoms with Gasteiger partial charge < -0.3 is 15.0 Å². The third-order valence-corrected chi connectivity index (χ3v) is 7.21. The molecule has 0 saturated carbocycles. The van der Waals surface area contributed by atoms with Crippen LogP contribution in [0, 0.1) is 12.8 Å². The monoisotopic (exact) mass is 531 g/mol. The van der Waals surface area contributed by atoms with E-state index < -0.39 is 16.1 Å². The number of anilines is 1. The molecule has 0 heterocycles. The van der Waals surface area contributed by atoms with Crippen LogP contribution in [0.4, 0.5) is 5.69 Å². The minimum Gasteiger partial charge on any atom is -0.497 e. The molecule has 0 fully saturated rings. The lowest BCUT2D eigenvalue weighted by Crippen LogP contribution is -2.49. The van der Waals surface area contributed by atoms with Gasteiger partial charge in [0.05, 0.1) is 19.1 Å². The lowest BCUT2D eigenvalue weighted by molar-refractivity contribution is -0.141. The summed E-state index contributed by atoms with van der Waals surface area (Å²) in [4.78, 5) is 28.1. The average molecular weight is 532 g/mol. The highest BCUT2D eigenvalue weighted by molar-refractivity contribution is 7.92. The van der Waals surface area contributed by atoms with Gasteiger partial charge in [-0.2, -0.15) is 0 Å². The Kier molecular flexibility index (Phi) is 11.4. The van der Waals surface area contributed by atoms with Gasteiger partial charge in [-0.3, -0.25) is 13.9 Å². The fourth-order valence-electron chi connectivity index (χ4n) is 4.10. The standard InChI is InChI=1S/C28H41N3O5S/c1-7-26(28(33)29-19-21(2)3)30(20-23-11-8-10-22(4)18-23)27(32)12-9-17-31(37(6,34)35)24-13-15-25(36-5)16-14-24/h8,10-11,13-16,18,21,26H,7,9,12,17,19-20H2,1-6H3,(H,29,33)/t26-/m0/s1. The molecule has 37 heavy (non-hydrogen) atoms. The van der Waals surface area contributed by atoms with Crippen LogP contribution in [0.25, 0.3) is 0 Å². The molecule has 2 aromatic rings. The molecule has 0 aliphatic heterocycles. The second-order valence-electron chi connectivity index (χ2n) is 9.71. The lowest BCUT2D eigenvalue weighted by atomic mass is 10.1. The number of amides is 2. The number of carbonyl (C=O) groups excluding carboxylic acids is 2. The van der Waals surface area contributed by atoms with Crippen LogP contribution in [-0.4, -0.2) is 57.6 Å². The molecule has 1 N–H and O–H groups in total. The van der Waals surface area contributed by atoms with Gasteiger partial charge in [0.25, 0.3) is 0 Å². The van der Waals surface area contributed by atoms with Crippen molar-refractivity contribution in [3.05, 3.63) is 59.7 Å². The molecule has 204 valence electrons. The number of hydrogen-bond acceptors (Lipinski definition) is 5. The Hall–Kier alpha value is -3.07. The number of nitrogens with zero attached hydrogens (tertiary/aromatic N) is 2. The molecule has 0 aromatic heterocycles. The zero-order valence-corrected chi connectivity index (χ0v) is 23.7. The molecular weight excluding hydrogens is 490 g/mol. The Balaban J connectivity index is 2.20. The largest absolute Gasteiger partial charge is 0.497 e. The van der Waals surface area contributed by atoms with Gasteiger partial charge in [0.2, 0.25) is 21.8 Å². The normalized spacial score (nSPS) is 12.2. The van der Waals surface area contributed by atoms with Gasteiger partial charge in [-0.15, -0.1) is 0 Å². The number of sulfonamides is 1. The minimum atomic E-state index is -3.56. The average Bonchev–Trinajstić information content (AvgIpc) is 2.84. The SMILES string of the molecule is CC[C@@H](C(=O)NCC(C)C)N(Cc1cccc(C)c1)C(=O)CCCN(c1ccc(OC)cc1)S(C)(=O)=O. The van der Waals surface area contributed by atoms with Crippen molar-refractivity contribution in [2.45, 2.75) is 59.5 Å². The van der Waals surface area contributed by atoms with E-state index in [0.717, 1.165) is 17.4 Å². The third kappa shape index (κ3) is 9.39. The summed E-state index contributed by atoms with van der Waals surface area (Å²) in [6.07, 6.45) is 2.05. The Morgan fingerprint density at radius 3 is 2.30 bits per heavy atom. The molecule has 2 rings (SSSR count). The number of rotatable bonds is 14. The number of aryl methyl sites for hydroxylation is 1. The Bertz CT molecular complexity index is 1130. The van der Waals surface area contributed by atoms with E-state index >= 15 is 0 Å². The molecular formula is C28H41N3O5S. The molecule has 0 radical (unpaired) electrons. The van der Waals surface area contributed by atoms with Crippen molar-refractivity contribution in [3.63, 3.8) is 0 Å². The number of carbonyl (C=O) groups is 2. The lowest BCUT2D eigenvalue weighted by Gasteiger charge is -2.31. The molecule has 0 aliphatic carbocycles. The number of hydrogen-bond donors (Lipinski definition) is 1. The van der Waals surface area contributed by atoms with Crippen LogP contribution in [0.5, 0.6) is 5.75 Å². The van der Waals surface area contributed by atoms with E-state index in [1.54, 1.807) is 36.3 Å². The smallest absolute Gasteiger partial charge is 0.242 e. The zero-order chi connectivity index (χ0) is 27.6. The molecule has 0 aliphatic rings. The van der Waals surface area contributed by atoms with Crippen LogP contribution in [0.2, 0.25) is 0 Å². The van der Waals surface area contributed by atoms with Crippen LogP contribution < -0.4 is 14.4 Å². The van der Waals surface area contributed by atoms with Crippen molar-refractivity contribution in [1.29, 1.82) is 0 Å². The number of benzene rings is 2. The van der Waals surface area contributed by atoms with Crippen molar-refractivity contribution < 1.29 is 22.7 Å². The first-order chi connectivity index (χ1) is 17.5. The second kappa shape index (κ2) is 14.0. The maximum Gasteiger partial charge on any atom is 0.242 e. The van der Waals surface area contributed by atoms with E-state index in [-0.39, 0.29) is 24.8 Å². The molecule has 1 atom stereocenters. The Morgan fingerprint density at radius 2 is 1.76 bits per heavy atom. The summed E-state index contributed by atoms with van der Waals surface area (Å²) in [5.41, 5.74) is 2.52. The molecule has 9 heteroatoms. The highest BCUT2D eigenvalue weighted by atomic mass is 32.2. The molecule has 0 spiro atoms. The van der Waals surface area contributed by atoms with E-state index in [1.165, 1.54) is 4.31 Å². The number of ether oxygens (including phenoxy) is 1.